The van der Waals surface area contributed by atoms with E-state index >= 15 is 0 Å². The number of nitrogens with one attached hydrogen (secondary N) is 2. The zero-order chi connectivity index (χ0) is 20.0. The first kappa shape index (κ1) is 20.6. The molecule has 0 bridgehead atoms. The second kappa shape index (κ2) is 8.77. The van der Waals surface area contributed by atoms with Gasteiger partial charge in [-0.2, -0.15) is 0 Å². The predicted octanol–water partition coefficient (Wildman–Crippen LogP) is 2.36. The van der Waals surface area contributed by atoms with Crippen LogP contribution in [0.15, 0.2) is 36.4 Å². The number of aryl methyl sites for hydroxylation is 1. The van der Waals surface area contributed by atoms with Crippen LogP contribution >= 0.6 is 0 Å². The van der Waals surface area contributed by atoms with Gasteiger partial charge in [0.05, 0.1) is 20.5 Å². The number of hydrogen-bond acceptors (Lipinski definition) is 5. The first-order valence-electron chi connectivity index (χ1n) is 8.31. The Labute approximate surface area is 159 Å². The standard InChI is InChI=1S/C19H24N2O5S/c1-13-11-17(25-2)18(26-3)12-15(13)9-10-20-19(22)14-5-7-16(8-6-14)21-27(4,23)24/h5-8,11-12,21H,9-10H2,1-4H3,(H,20,22). The van der Waals surface area contributed by atoms with Crippen LogP contribution < -0.4 is 19.5 Å². The van der Waals surface area contributed by atoms with E-state index in [1.807, 2.05) is 19.1 Å². The zero-order valence-corrected chi connectivity index (χ0v) is 16.6. The summed E-state index contributed by atoms with van der Waals surface area (Å²) in [5, 5.41) is 2.86. The van der Waals surface area contributed by atoms with E-state index in [-0.39, 0.29) is 5.91 Å². The third kappa shape index (κ3) is 5.89. The van der Waals surface area contributed by atoms with Gasteiger partial charge >= 0.3 is 0 Å². The van der Waals surface area contributed by atoms with Crippen LogP contribution in [0.4, 0.5) is 5.69 Å². The molecule has 0 saturated carbocycles. The summed E-state index contributed by atoms with van der Waals surface area (Å²) >= 11 is 0. The van der Waals surface area contributed by atoms with Crippen molar-refractivity contribution in [2.24, 2.45) is 0 Å². The summed E-state index contributed by atoms with van der Waals surface area (Å²) in [6, 6.07) is 10.1. The van der Waals surface area contributed by atoms with Crippen LogP contribution in [0.25, 0.3) is 0 Å². The average Bonchev–Trinajstić information content (AvgIpc) is 2.61. The highest BCUT2D eigenvalue weighted by atomic mass is 32.2. The first-order chi connectivity index (χ1) is 12.7. The molecule has 0 heterocycles. The van der Waals surface area contributed by atoms with Gasteiger partial charge in [-0.25, -0.2) is 8.42 Å². The van der Waals surface area contributed by atoms with Gasteiger partial charge < -0.3 is 14.8 Å². The lowest BCUT2D eigenvalue weighted by Crippen LogP contribution is -2.25. The maximum atomic E-state index is 12.2. The summed E-state index contributed by atoms with van der Waals surface area (Å²) in [7, 11) is -0.164. The molecule has 0 atom stereocenters. The van der Waals surface area contributed by atoms with E-state index in [1.54, 1.807) is 38.5 Å². The van der Waals surface area contributed by atoms with E-state index in [0.717, 1.165) is 17.4 Å². The molecule has 0 aromatic heterocycles. The minimum absolute atomic E-state index is 0.223. The molecule has 0 aliphatic heterocycles. The molecule has 0 radical (unpaired) electrons. The van der Waals surface area contributed by atoms with Crippen molar-refractivity contribution >= 4 is 21.6 Å². The van der Waals surface area contributed by atoms with Crippen LogP contribution in [0, 0.1) is 6.92 Å². The quantitative estimate of drug-likeness (QED) is 0.719. The molecule has 27 heavy (non-hydrogen) atoms. The second-order valence-electron chi connectivity index (χ2n) is 6.09. The van der Waals surface area contributed by atoms with Crippen LogP contribution in [0.3, 0.4) is 0 Å². The Morgan fingerprint density at radius 1 is 1.04 bits per heavy atom. The third-order valence-electron chi connectivity index (χ3n) is 3.97. The van der Waals surface area contributed by atoms with Crippen LogP contribution in [0.2, 0.25) is 0 Å². The molecule has 0 fully saturated rings. The van der Waals surface area contributed by atoms with E-state index in [4.69, 9.17) is 9.47 Å². The monoisotopic (exact) mass is 392 g/mol. The summed E-state index contributed by atoms with van der Waals surface area (Å²) < 4.78 is 35.3. The Morgan fingerprint density at radius 3 is 2.19 bits per heavy atom. The highest BCUT2D eigenvalue weighted by Gasteiger charge is 2.10. The molecular formula is C19H24N2O5S. The minimum Gasteiger partial charge on any atom is -0.493 e. The molecule has 2 aromatic carbocycles. The van der Waals surface area contributed by atoms with E-state index in [9.17, 15) is 13.2 Å². The number of anilines is 1. The Morgan fingerprint density at radius 2 is 1.63 bits per heavy atom. The van der Waals surface area contributed by atoms with Gasteiger partial charge in [-0.3, -0.25) is 9.52 Å². The smallest absolute Gasteiger partial charge is 0.251 e. The third-order valence-corrected chi connectivity index (χ3v) is 4.58. The van der Waals surface area contributed by atoms with Gasteiger partial charge in [0.25, 0.3) is 5.91 Å². The van der Waals surface area contributed by atoms with Gasteiger partial charge in [0.1, 0.15) is 0 Å². The number of rotatable bonds is 8. The van der Waals surface area contributed by atoms with Gasteiger partial charge in [0, 0.05) is 17.8 Å². The number of ether oxygens (including phenoxy) is 2. The maximum absolute atomic E-state index is 12.2. The Bertz CT molecular complexity index is 908. The Balaban J connectivity index is 1.96. The normalized spacial score (nSPS) is 11.0. The fourth-order valence-corrected chi connectivity index (χ4v) is 3.17. The molecule has 8 heteroatoms. The van der Waals surface area contributed by atoms with E-state index < -0.39 is 10.0 Å². The molecule has 0 aliphatic carbocycles. The predicted molar refractivity (Wildman–Crippen MR) is 105 cm³/mol. The zero-order valence-electron chi connectivity index (χ0n) is 15.8. The van der Waals surface area contributed by atoms with Crippen molar-refractivity contribution in [1.82, 2.24) is 5.32 Å². The van der Waals surface area contributed by atoms with E-state index in [2.05, 4.69) is 10.0 Å². The minimum atomic E-state index is -3.34. The van der Waals surface area contributed by atoms with E-state index in [0.29, 0.717) is 35.7 Å². The van der Waals surface area contributed by atoms with Crippen LogP contribution in [0.1, 0.15) is 21.5 Å². The molecule has 0 saturated heterocycles. The molecule has 0 spiro atoms. The van der Waals surface area contributed by atoms with Gasteiger partial charge in [0.15, 0.2) is 11.5 Å². The second-order valence-corrected chi connectivity index (χ2v) is 7.84. The molecule has 2 aromatic rings. The largest absolute Gasteiger partial charge is 0.493 e. The summed E-state index contributed by atoms with van der Waals surface area (Å²) in [5.74, 6) is 1.10. The molecular weight excluding hydrogens is 368 g/mol. The van der Waals surface area contributed by atoms with Crippen molar-refractivity contribution in [3.63, 3.8) is 0 Å². The molecule has 2 N–H and O–H groups in total. The summed E-state index contributed by atoms with van der Waals surface area (Å²) in [6.07, 6.45) is 1.72. The summed E-state index contributed by atoms with van der Waals surface area (Å²) in [6.45, 7) is 2.44. The maximum Gasteiger partial charge on any atom is 0.251 e. The number of amides is 1. The van der Waals surface area contributed by atoms with Gasteiger partial charge in [-0.1, -0.05) is 0 Å². The number of carbonyl (C=O) groups excluding carboxylic acids is 1. The van der Waals surface area contributed by atoms with Crippen molar-refractivity contribution in [2.45, 2.75) is 13.3 Å². The first-order valence-corrected chi connectivity index (χ1v) is 10.2. The molecule has 0 aliphatic rings. The lowest BCUT2D eigenvalue weighted by molar-refractivity contribution is 0.0954. The molecule has 2 rings (SSSR count). The summed E-state index contributed by atoms with van der Waals surface area (Å²) in [5.41, 5.74) is 2.98. The fourth-order valence-electron chi connectivity index (χ4n) is 2.61. The fraction of sp³-hybridized carbons (Fsp3) is 0.316. The number of hydrogen-bond donors (Lipinski definition) is 2. The highest BCUT2D eigenvalue weighted by molar-refractivity contribution is 7.92. The average molecular weight is 392 g/mol. The van der Waals surface area contributed by atoms with Gasteiger partial charge in [-0.05, 0) is 60.9 Å². The Hall–Kier alpha value is -2.74. The number of sulfonamides is 1. The molecule has 146 valence electrons. The SMILES string of the molecule is COc1cc(C)c(CCNC(=O)c2ccc(NS(C)(=O)=O)cc2)cc1OC. The van der Waals surface area contributed by atoms with Crippen LogP contribution in [-0.2, 0) is 16.4 Å². The van der Waals surface area contributed by atoms with Crippen molar-refractivity contribution < 1.29 is 22.7 Å². The molecule has 7 nitrogen and oxygen atoms in total. The van der Waals surface area contributed by atoms with Crippen molar-refractivity contribution in [3.8, 4) is 11.5 Å². The van der Waals surface area contributed by atoms with Gasteiger partial charge in [0.2, 0.25) is 10.0 Å². The molecule has 1 amide bonds. The van der Waals surface area contributed by atoms with Crippen LogP contribution in [-0.4, -0.2) is 41.3 Å². The number of benzene rings is 2. The van der Waals surface area contributed by atoms with Crippen molar-refractivity contribution in [1.29, 1.82) is 0 Å². The highest BCUT2D eigenvalue weighted by Crippen LogP contribution is 2.30. The van der Waals surface area contributed by atoms with Crippen molar-refractivity contribution in [2.75, 3.05) is 31.7 Å². The lowest BCUT2D eigenvalue weighted by atomic mass is 10.0. The Kier molecular flexibility index (Phi) is 6.68. The van der Waals surface area contributed by atoms with Crippen LogP contribution in [0.5, 0.6) is 11.5 Å². The van der Waals surface area contributed by atoms with Crippen molar-refractivity contribution in [3.05, 3.63) is 53.1 Å². The topological polar surface area (TPSA) is 93.7 Å². The molecule has 0 unspecified atom stereocenters. The number of methoxy groups -OCH3 is 2. The summed E-state index contributed by atoms with van der Waals surface area (Å²) in [4.78, 5) is 12.2. The van der Waals surface area contributed by atoms with Gasteiger partial charge in [-0.15, -0.1) is 0 Å². The number of carbonyl (C=O) groups is 1. The van der Waals surface area contributed by atoms with E-state index in [1.165, 1.54) is 0 Å². The lowest BCUT2D eigenvalue weighted by Gasteiger charge is -2.13.